The average Bonchev–Trinajstić information content (AvgIpc) is 1.86. The summed E-state index contributed by atoms with van der Waals surface area (Å²) >= 11 is 0. The second-order valence-electron chi connectivity index (χ2n) is 1.47. The molecule has 0 radical (unpaired) electrons. The van der Waals surface area contributed by atoms with Gasteiger partial charge in [-0.25, -0.2) is 0 Å². The molecule has 0 unspecified atom stereocenters. The summed E-state index contributed by atoms with van der Waals surface area (Å²) in [4.78, 5) is 26.7. The zero-order valence-electron chi connectivity index (χ0n) is 8.97. The van der Waals surface area contributed by atoms with Gasteiger partial charge in [0.05, 0.1) is 0 Å². The fraction of sp³-hybridized carbons (Fsp3) is 0.571. The molecule has 0 rings (SSSR count). The van der Waals surface area contributed by atoms with Crippen LogP contribution in [0.4, 0.5) is 0 Å². The summed E-state index contributed by atoms with van der Waals surface area (Å²) in [6.45, 7) is 2.92. The molecule has 8 heteroatoms. The monoisotopic (exact) mass is 236 g/mol. The molecular weight excluding hydrogens is 223 g/mol. The molecule has 0 spiro atoms. The molecule has 7 nitrogen and oxygen atoms in total. The molecule has 1 N–H and O–H groups in total. The van der Waals surface area contributed by atoms with Crippen molar-refractivity contribution < 1.29 is 34.8 Å². The molecule has 0 aliphatic heterocycles. The minimum Gasteiger partial charge on any atom is -0.550 e. The van der Waals surface area contributed by atoms with Gasteiger partial charge in [0.25, 0.3) is 0 Å². The van der Waals surface area contributed by atoms with E-state index in [1.54, 1.807) is 0 Å². The summed E-state index contributed by atoms with van der Waals surface area (Å²) in [6, 6.07) is 0. The molecule has 0 heterocycles. The number of carbonyl (C=O) groups is 3. The number of carbonyl (C=O) groups excluding carboxylic acids is 3. The summed E-state index contributed by atoms with van der Waals surface area (Å²) < 4.78 is 0. The molecule has 0 aromatic rings. The predicted molar refractivity (Wildman–Crippen MR) is 45.9 cm³/mol. The largest absolute Gasteiger partial charge is 3.00 e. The molecule has 86 valence electrons. The van der Waals surface area contributed by atoms with Crippen molar-refractivity contribution >= 4 is 35.3 Å². The Morgan fingerprint density at radius 3 is 0.733 bits per heavy atom. The van der Waals surface area contributed by atoms with Gasteiger partial charge in [0.15, 0.2) is 0 Å². The van der Waals surface area contributed by atoms with Crippen molar-refractivity contribution in [2.75, 3.05) is 7.11 Å². The minimum atomic E-state index is -1.08. The van der Waals surface area contributed by atoms with E-state index in [9.17, 15) is 0 Å². The molecule has 0 fully saturated rings. The van der Waals surface area contributed by atoms with E-state index in [2.05, 4.69) is 0 Å². The van der Waals surface area contributed by atoms with Gasteiger partial charge in [0.2, 0.25) is 0 Å². The SMILES string of the molecule is CC(=O)[O-].CC(=O)[O-].CC(=O)[O-].CO.[Al+3]. The first kappa shape index (κ1) is 29.2. The van der Waals surface area contributed by atoms with E-state index < -0.39 is 17.9 Å². The second-order valence-corrected chi connectivity index (χ2v) is 1.47. The second kappa shape index (κ2) is 29.3. The van der Waals surface area contributed by atoms with E-state index in [4.69, 9.17) is 34.8 Å². The Morgan fingerprint density at radius 2 is 0.733 bits per heavy atom. The van der Waals surface area contributed by atoms with Crippen LogP contribution in [0, 0.1) is 0 Å². The van der Waals surface area contributed by atoms with Crippen LogP contribution in [-0.4, -0.2) is 47.5 Å². The van der Waals surface area contributed by atoms with Crippen molar-refractivity contribution in [1.82, 2.24) is 0 Å². The summed E-state index contributed by atoms with van der Waals surface area (Å²) in [6.07, 6.45) is 0. The van der Waals surface area contributed by atoms with Crippen LogP contribution in [0.3, 0.4) is 0 Å². The fourth-order valence-corrected chi connectivity index (χ4v) is 0. The van der Waals surface area contributed by atoms with Gasteiger partial charge < -0.3 is 34.8 Å². The molecule has 0 saturated heterocycles. The van der Waals surface area contributed by atoms with Gasteiger partial charge in [0, 0.05) is 25.0 Å². The van der Waals surface area contributed by atoms with Gasteiger partial charge in [-0.2, -0.15) is 0 Å². The summed E-state index contributed by atoms with van der Waals surface area (Å²) in [5.41, 5.74) is 0. The Labute approximate surface area is 98.5 Å². The van der Waals surface area contributed by atoms with Crippen LogP contribution in [-0.2, 0) is 14.4 Å². The van der Waals surface area contributed by atoms with Crippen LogP contribution < -0.4 is 15.3 Å². The number of aliphatic hydroxyl groups is 1. The predicted octanol–water partition coefficient (Wildman–Crippen LogP) is -4.50. The molecule has 0 amide bonds. The number of carboxylic acid groups (broad SMARTS) is 3. The summed E-state index contributed by atoms with van der Waals surface area (Å²) in [5, 5.41) is 33.7. The minimum absolute atomic E-state index is 0. The number of aliphatic carboxylic acids is 3. The molecule has 15 heavy (non-hydrogen) atoms. The van der Waals surface area contributed by atoms with Crippen molar-refractivity contribution in [1.29, 1.82) is 0 Å². The van der Waals surface area contributed by atoms with Gasteiger partial charge in [0.1, 0.15) is 0 Å². The fourth-order valence-electron chi connectivity index (χ4n) is 0. The first-order valence-electron chi connectivity index (χ1n) is 3.17. The summed E-state index contributed by atoms with van der Waals surface area (Å²) in [7, 11) is 1.00. The van der Waals surface area contributed by atoms with E-state index in [0.717, 1.165) is 27.9 Å². The van der Waals surface area contributed by atoms with Crippen LogP contribution in [0.5, 0.6) is 0 Å². The van der Waals surface area contributed by atoms with Crippen molar-refractivity contribution in [3.05, 3.63) is 0 Å². The Bertz CT molecular complexity index is 117. The molecule has 0 bridgehead atoms. The maximum Gasteiger partial charge on any atom is 3.00 e. The molecule has 0 saturated carbocycles. The molecule has 0 aromatic heterocycles. The topological polar surface area (TPSA) is 141 Å². The number of carboxylic acids is 3. The van der Waals surface area contributed by atoms with E-state index in [1.165, 1.54) is 0 Å². The molecule has 0 aromatic carbocycles. The first-order valence-corrected chi connectivity index (χ1v) is 3.17. The third-order valence-electron chi connectivity index (χ3n) is 0. The molecular formula is C7H13AlO7. The quantitative estimate of drug-likeness (QED) is 0.418. The van der Waals surface area contributed by atoms with Crippen LogP contribution in [0.2, 0.25) is 0 Å². The van der Waals surface area contributed by atoms with Crippen LogP contribution >= 0.6 is 0 Å². The van der Waals surface area contributed by atoms with Gasteiger partial charge in [-0.15, -0.1) is 0 Å². The standard InChI is InChI=1S/3C2H4O2.CH4O.Al/c3*1-2(3)4;1-2;/h3*1H3,(H,3,4);2H,1H3;/q;;;;+3/p-3. The van der Waals surface area contributed by atoms with Crippen molar-refractivity contribution in [3.8, 4) is 0 Å². The first-order chi connectivity index (χ1) is 6.20. The number of aliphatic hydroxyl groups excluding tert-OH is 1. The normalized spacial score (nSPS) is 5.40. The van der Waals surface area contributed by atoms with Crippen LogP contribution in [0.1, 0.15) is 20.8 Å². The van der Waals surface area contributed by atoms with E-state index in [0.29, 0.717) is 0 Å². The number of rotatable bonds is 0. The molecule has 0 aliphatic rings. The average molecular weight is 236 g/mol. The Morgan fingerprint density at radius 1 is 0.733 bits per heavy atom. The Hall–Kier alpha value is -1.10. The maximum absolute atomic E-state index is 8.89. The van der Waals surface area contributed by atoms with Crippen molar-refractivity contribution in [2.45, 2.75) is 20.8 Å². The Kier molecular flexibility index (Phi) is 57.0. The van der Waals surface area contributed by atoms with Crippen LogP contribution in [0.15, 0.2) is 0 Å². The van der Waals surface area contributed by atoms with E-state index in [-0.39, 0.29) is 17.4 Å². The zero-order valence-corrected chi connectivity index (χ0v) is 10.1. The van der Waals surface area contributed by atoms with Gasteiger partial charge >= 0.3 is 17.4 Å². The van der Waals surface area contributed by atoms with Crippen molar-refractivity contribution in [2.24, 2.45) is 0 Å². The van der Waals surface area contributed by atoms with E-state index in [1.807, 2.05) is 0 Å². The van der Waals surface area contributed by atoms with Gasteiger partial charge in [-0.05, 0) is 20.8 Å². The third-order valence-corrected chi connectivity index (χ3v) is 0. The Balaban J connectivity index is -0.0000000298. The van der Waals surface area contributed by atoms with Crippen LogP contribution in [0.25, 0.3) is 0 Å². The zero-order chi connectivity index (χ0) is 12.7. The maximum atomic E-state index is 8.89. The van der Waals surface area contributed by atoms with Gasteiger partial charge in [-0.1, -0.05) is 0 Å². The third kappa shape index (κ3) is 1270. The molecule has 0 aliphatic carbocycles. The van der Waals surface area contributed by atoms with Gasteiger partial charge in [-0.3, -0.25) is 0 Å². The molecule has 0 atom stereocenters. The summed E-state index contributed by atoms with van der Waals surface area (Å²) in [5.74, 6) is -3.25. The van der Waals surface area contributed by atoms with E-state index >= 15 is 0 Å². The smallest absolute Gasteiger partial charge is 0.550 e. The van der Waals surface area contributed by atoms with Crippen molar-refractivity contribution in [3.63, 3.8) is 0 Å². The number of hydrogen-bond acceptors (Lipinski definition) is 7. The number of hydrogen-bond donors (Lipinski definition) is 1.